The van der Waals surface area contributed by atoms with E-state index in [0.29, 0.717) is 23.7 Å². The van der Waals surface area contributed by atoms with Crippen LogP contribution >= 0.6 is 0 Å². The van der Waals surface area contributed by atoms with Gasteiger partial charge in [0.05, 0.1) is 6.10 Å². The van der Waals surface area contributed by atoms with Gasteiger partial charge in [-0.2, -0.15) is 0 Å². The van der Waals surface area contributed by atoms with E-state index >= 15 is 0 Å². The van der Waals surface area contributed by atoms with E-state index in [-0.39, 0.29) is 17.8 Å². The first-order chi connectivity index (χ1) is 15.4. The molecule has 0 saturated carbocycles. The number of hydrogen-bond donors (Lipinski definition) is 1. The lowest BCUT2D eigenvalue weighted by Crippen LogP contribution is -2.49. The molecule has 1 amide bonds. The van der Waals surface area contributed by atoms with Crippen molar-refractivity contribution in [1.29, 1.82) is 0 Å². The van der Waals surface area contributed by atoms with Gasteiger partial charge in [0, 0.05) is 43.5 Å². The minimum absolute atomic E-state index is 0.0173. The Morgan fingerprint density at radius 1 is 1.06 bits per heavy atom. The quantitative estimate of drug-likeness (QED) is 0.774. The van der Waals surface area contributed by atoms with Gasteiger partial charge in [-0.05, 0) is 69.6 Å². The van der Waals surface area contributed by atoms with Crippen molar-refractivity contribution in [3.63, 3.8) is 0 Å². The normalized spacial score (nSPS) is 18.8. The summed E-state index contributed by atoms with van der Waals surface area (Å²) in [5.41, 5.74) is 3.89. The van der Waals surface area contributed by atoms with Crippen LogP contribution in [0, 0.1) is 19.7 Å². The first-order valence-electron chi connectivity index (χ1n) is 11.7. The molecule has 7 heteroatoms. The average Bonchev–Trinajstić information content (AvgIpc) is 2.81. The number of carbonyl (C=O) groups excluding carboxylic acids is 1. The molecule has 2 aliphatic rings. The summed E-state index contributed by atoms with van der Waals surface area (Å²) in [6.45, 7) is 7.05. The minimum Gasteiger partial charge on any atom is -0.393 e. The average molecular weight is 441 g/mol. The van der Waals surface area contributed by atoms with Crippen LogP contribution in [0.1, 0.15) is 58.6 Å². The minimum atomic E-state index is -0.193. The Hall–Kier alpha value is -2.38. The Morgan fingerprint density at radius 3 is 2.47 bits per heavy atom. The van der Waals surface area contributed by atoms with Gasteiger partial charge in [-0.25, -0.2) is 14.4 Å². The van der Waals surface area contributed by atoms with Crippen molar-refractivity contribution in [2.45, 2.75) is 64.5 Å². The number of likely N-dealkylation sites (tertiary alicyclic amines) is 2. The van der Waals surface area contributed by atoms with Crippen LogP contribution in [0.15, 0.2) is 24.5 Å². The Morgan fingerprint density at radius 2 is 1.78 bits per heavy atom. The zero-order chi connectivity index (χ0) is 22.7. The molecule has 2 aromatic rings. The van der Waals surface area contributed by atoms with E-state index in [2.05, 4.69) is 14.9 Å². The second-order valence-corrected chi connectivity index (χ2v) is 9.17. The van der Waals surface area contributed by atoms with Gasteiger partial charge < -0.3 is 14.9 Å². The lowest BCUT2D eigenvalue weighted by Gasteiger charge is -2.41. The molecule has 6 nitrogen and oxygen atoms in total. The predicted molar refractivity (Wildman–Crippen MR) is 121 cm³/mol. The van der Waals surface area contributed by atoms with E-state index in [1.165, 1.54) is 12.4 Å². The number of aliphatic hydroxyl groups is 1. The number of nitrogens with zero attached hydrogens (tertiary/aromatic N) is 4. The van der Waals surface area contributed by atoms with Crippen molar-refractivity contribution >= 4 is 5.91 Å². The summed E-state index contributed by atoms with van der Waals surface area (Å²) in [5, 5.41) is 9.73. The lowest BCUT2D eigenvalue weighted by atomic mass is 9.98. The number of carbonyl (C=O) groups is 1. The van der Waals surface area contributed by atoms with Crippen LogP contribution in [-0.4, -0.2) is 69.1 Å². The van der Waals surface area contributed by atoms with Gasteiger partial charge >= 0.3 is 0 Å². The number of hydrogen-bond acceptors (Lipinski definition) is 5. The maximum absolute atomic E-state index is 13.5. The molecule has 32 heavy (non-hydrogen) atoms. The van der Waals surface area contributed by atoms with Crippen LogP contribution in [0.5, 0.6) is 0 Å². The zero-order valence-corrected chi connectivity index (χ0v) is 19.1. The van der Waals surface area contributed by atoms with Gasteiger partial charge in [0.15, 0.2) is 0 Å². The maximum atomic E-state index is 13.5. The van der Waals surface area contributed by atoms with E-state index < -0.39 is 0 Å². The molecule has 0 atom stereocenters. The molecule has 1 aromatic carbocycles. The van der Waals surface area contributed by atoms with Gasteiger partial charge in [0.1, 0.15) is 17.8 Å². The largest absolute Gasteiger partial charge is 0.393 e. The maximum Gasteiger partial charge on any atom is 0.272 e. The monoisotopic (exact) mass is 440 g/mol. The number of halogens is 1. The van der Waals surface area contributed by atoms with E-state index in [4.69, 9.17) is 0 Å². The summed E-state index contributed by atoms with van der Waals surface area (Å²) in [5.74, 6) is -0.210. The number of aryl methyl sites for hydroxylation is 3. The molecule has 172 valence electrons. The molecule has 0 aliphatic carbocycles. The van der Waals surface area contributed by atoms with Crippen LogP contribution in [0.3, 0.4) is 0 Å². The highest BCUT2D eigenvalue weighted by Crippen LogP contribution is 2.23. The first kappa shape index (κ1) is 22.8. The first-order valence-corrected chi connectivity index (χ1v) is 11.7. The molecular formula is C25H33FN4O2. The van der Waals surface area contributed by atoms with Gasteiger partial charge in [-0.15, -0.1) is 0 Å². The van der Waals surface area contributed by atoms with Gasteiger partial charge in [0.25, 0.3) is 5.91 Å². The Bertz CT molecular complexity index is 951. The summed E-state index contributed by atoms with van der Waals surface area (Å²) in [6, 6.07) is 5.67. The van der Waals surface area contributed by atoms with Crippen LogP contribution in [0.4, 0.5) is 4.39 Å². The zero-order valence-electron chi connectivity index (χ0n) is 19.1. The Kier molecular flexibility index (Phi) is 7.16. The molecule has 1 N–H and O–H groups in total. The third-order valence-corrected chi connectivity index (χ3v) is 7.03. The molecule has 0 spiro atoms. The number of rotatable bonds is 5. The molecule has 1 aromatic heterocycles. The fourth-order valence-electron chi connectivity index (χ4n) is 4.91. The molecule has 2 fully saturated rings. The topological polar surface area (TPSA) is 69.6 Å². The summed E-state index contributed by atoms with van der Waals surface area (Å²) in [6.07, 6.45) is 6.36. The van der Waals surface area contributed by atoms with Crippen LogP contribution in [0.2, 0.25) is 0 Å². The van der Waals surface area contributed by atoms with E-state index in [1.54, 1.807) is 13.0 Å². The summed E-state index contributed by atoms with van der Waals surface area (Å²) >= 11 is 0. The highest BCUT2D eigenvalue weighted by Gasteiger charge is 2.30. The molecule has 4 rings (SSSR count). The molecular weight excluding hydrogens is 407 g/mol. The Balaban J connectivity index is 1.36. The van der Waals surface area contributed by atoms with Gasteiger partial charge in [0.2, 0.25) is 0 Å². The predicted octanol–water partition coefficient (Wildman–Crippen LogP) is 3.08. The second-order valence-electron chi connectivity index (χ2n) is 9.17. The number of aromatic nitrogens is 2. The number of aliphatic hydroxyl groups excluding tert-OH is 1. The number of amides is 1. The molecule has 0 unspecified atom stereocenters. The Labute approximate surface area is 189 Å². The molecule has 0 bridgehead atoms. The highest BCUT2D eigenvalue weighted by atomic mass is 19.1. The van der Waals surface area contributed by atoms with E-state index in [1.807, 2.05) is 17.9 Å². The standard InChI is InChI=1S/C25H33FN4O2/c1-17-15-19(3-5-22(17)26)4-6-23-18(2)24(28-16-27-23)25(32)30-11-7-20(8-12-30)29-13-9-21(31)10-14-29/h3,5,15-16,20-21,31H,4,6-14H2,1-2H3. The second kappa shape index (κ2) is 10.0. The van der Waals surface area contributed by atoms with E-state index in [9.17, 15) is 14.3 Å². The molecule has 2 aliphatic heterocycles. The molecule has 2 saturated heterocycles. The molecule has 0 radical (unpaired) electrons. The fourth-order valence-corrected chi connectivity index (χ4v) is 4.91. The smallest absolute Gasteiger partial charge is 0.272 e. The van der Waals surface area contributed by atoms with Crippen molar-refractivity contribution in [2.75, 3.05) is 26.2 Å². The van der Waals surface area contributed by atoms with Crippen molar-refractivity contribution in [1.82, 2.24) is 19.8 Å². The van der Waals surface area contributed by atoms with Crippen molar-refractivity contribution < 1.29 is 14.3 Å². The van der Waals surface area contributed by atoms with Gasteiger partial charge in [-0.3, -0.25) is 4.79 Å². The fraction of sp³-hybridized carbons (Fsp3) is 0.560. The van der Waals surface area contributed by atoms with Crippen LogP contribution < -0.4 is 0 Å². The highest BCUT2D eigenvalue weighted by molar-refractivity contribution is 5.93. The summed E-state index contributed by atoms with van der Waals surface area (Å²) in [7, 11) is 0. The summed E-state index contributed by atoms with van der Waals surface area (Å²) < 4.78 is 13.5. The third kappa shape index (κ3) is 5.15. The van der Waals surface area contributed by atoms with E-state index in [0.717, 1.165) is 75.1 Å². The number of benzene rings is 1. The van der Waals surface area contributed by atoms with Crippen molar-refractivity contribution in [3.8, 4) is 0 Å². The van der Waals surface area contributed by atoms with Gasteiger partial charge in [-0.1, -0.05) is 12.1 Å². The molecule has 3 heterocycles. The van der Waals surface area contributed by atoms with Crippen LogP contribution in [-0.2, 0) is 12.8 Å². The summed E-state index contributed by atoms with van der Waals surface area (Å²) in [4.78, 5) is 26.3. The lowest BCUT2D eigenvalue weighted by molar-refractivity contribution is 0.0355. The van der Waals surface area contributed by atoms with Crippen LogP contribution in [0.25, 0.3) is 0 Å². The third-order valence-electron chi connectivity index (χ3n) is 7.03. The van der Waals surface area contributed by atoms with Crippen molar-refractivity contribution in [3.05, 3.63) is 58.4 Å². The number of piperidine rings is 2. The van der Waals surface area contributed by atoms with Crippen molar-refractivity contribution in [2.24, 2.45) is 0 Å². The SMILES string of the molecule is Cc1cc(CCc2ncnc(C(=O)N3CCC(N4CCC(O)CC4)CC3)c2C)ccc1F.